The molecule has 5 heteroatoms. The van der Waals surface area contributed by atoms with Crippen LogP contribution in [0.2, 0.25) is 0 Å². The number of anilines is 1. The Morgan fingerprint density at radius 2 is 2.28 bits per heavy atom. The molecule has 1 aliphatic rings. The maximum Gasteiger partial charge on any atom is 0.141 e. The topological polar surface area (TPSA) is 58.7 Å². The Balaban J connectivity index is 0.00000162. The number of rotatable bonds is 4. The molecule has 0 saturated carbocycles. The molecule has 0 bridgehead atoms. The Hall–Kier alpha value is -0.970. The zero-order valence-electron chi connectivity index (χ0n) is 10.6. The number of nitrogens with two attached hydrogens (primary N) is 1. The lowest BCUT2D eigenvalue weighted by Crippen LogP contribution is -2.31. The normalized spacial score (nSPS) is 19.6. The van der Waals surface area contributed by atoms with Gasteiger partial charge in [0.1, 0.15) is 5.75 Å². The minimum Gasteiger partial charge on any atom is -0.495 e. The van der Waals surface area contributed by atoms with Crippen LogP contribution < -0.4 is 10.5 Å². The maximum atomic E-state index is 9.23. The number of halogens is 1. The Kier molecular flexibility index (Phi) is 5.72. The molecule has 1 aliphatic heterocycles. The van der Waals surface area contributed by atoms with Crippen molar-refractivity contribution in [2.75, 3.05) is 26.1 Å². The SMILES string of the molecule is COc1ccc(C[C@H]2CCCN2CO)cc1N.Cl. The van der Waals surface area contributed by atoms with Gasteiger partial charge in [-0.3, -0.25) is 4.90 Å². The third kappa shape index (κ3) is 3.28. The lowest BCUT2D eigenvalue weighted by Gasteiger charge is -2.22. The van der Waals surface area contributed by atoms with Crippen molar-refractivity contribution in [2.24, 2.45) is 0 Å². The average molecular weight is 273 g/mol. The van der Waals surface area contributed by atoms with Crippen molar-refractivity contribution >= 4 is 18.1 Å². The van der Waals surface area contributed by atoms with Crippen LogP contribution in [0.1, 0.15) is 18.4 Å². The fourth-order valence-corrected chi connectivity index (χ4v) is 2.50. The van der Waals surface area contributed by atoms with Crippen molar-refractivity contribution in [1.82, 2.24) is 4.90 Å². The number of likely N-dealkylation sites (tertiary alicyclic amines) is 1. The van der Waals surface area contributed by atoms with Crippen molar-refractivity contribution in [3.63, 3.8) is 0 Å². The first-order chi connectivity index (χ1) is 8.24. The predicted molar refractivity (Wildman–Crippen MR) is 75.2 cm³/mol. The molecule has 1 fully saturated rings. The van der Waals surface area contributed by atoms with Crippen molar-refractivity contribution in [2.45, 2.75) is 25.3 Å². The minimum atomic E-state index is 0. The van der Waals surface area contributed by atoms with Crippen molar-refractivity contribution in [1.29, 1.82) is 0 Å². The van der Waals surface area contributed by atoms with Crippen molar-refractivity contribution in [3.8, 4) is 5.75 Å². The third-order valence-corrected chi connectivity index (χ3v) is 3.45. The Labute approximate surface area is 114 Å². The van der Waals surface area contributed by atoms with Gasteiger partial charge in [0.2, 0.25) is 0 Å². The summed E-state index contributed by atoms with van der Waals surface area (Å²) in [6.45, 7) is 1.14. The van der Waals surface area contributed by atoms with Crippen LogP contribution in [0.15, 0.2) is 18.2 Å². The third-order valence-electron chi connectivity index (χ3n) is 3.45. The average Bonchev–Trinajstić information content (AvgIpc) is 2.76. The van der Waals surface area contributed by atoms with Crippen molar-refractivity contribution in [3.05, 3.63) is 23.8 Å². The molecule has 2 rings (SSSR count). The molecule has 3 N–H and O–H groups in total. The van der Waals surface area contributed by atoms with E-state index in [-0.39, 0.29) is 19.1 Å². The molecule has 1 saturated heterocycles. The van der Waals surface area contributed by atoms with Crippen LogP contribution in [0.4, 0.5) is 5.69 Å². The lowest BCUT2D eigenvalue weighted by atomic mass is 10.0. The molecule has 1 atom stereocenters. The van der Waals surface area contributed by atoms with Crippen LogP contribution in [0.25, 0.3) is 0 Å². The molecule has 0 aromatic heterocycles. The molecule has 0 aliphatic carbocycles. The molecule has 1 aromatic carbocycles. The Morgan fingerprint density at radius 3 is 2.89 bits per heavy atom. The number of methoxy groups -OCH3 is 1. The molecule has 1 heterocycles. The van der Waals surface area contributed by atoms with E-state index in [4.69, 9.17) is 10.5 Å². The molecule has 0 spiro atoms. The summed E-state index contributed by atoms with van der Waals surface area (Å²) in [7, 11) is 1.62. The molecule has 0 radical (unpaired) electrons. The van der Waals surface area contributed by atoms with E-state index in [2.05, 4.69) is 4.90 Å². The predicted octanol–water partition coefficient (Wildman–Crippen LogP) is 1.66. The lowest BCUT2D eigenvalue weighted by molar-refractivity contribution is 0.0963. The van der Waals surface area contributed by atoms with Gasteiger partial charge in [-0.05, 0) is 37.0 Å². The number of hydrogen-bond acceptors (Lipinski definition) is 4. The summed E-state index contributed by atoms with van der Waals surface area (Å²) in [4.78, 5) is 2.11. The van der Waals surface area contributed by atoms with E-state index in [0.29, 0.717) is 11.7 Å². The van der Waals surface area contributed by atoms with Crippen LogP contribution in [0.5, 0.6) is 5.75 Å². The van der Waals surface area contributed by atoms with Crippen LogP contribution in [0, 0.1) is 0 Å². The van der Waals surface area contributed by atoms with Gasteiger partial charge in [0.15, 0.2) is 0 Å². The maximum absolute atomic E-state index is 9.23. The smallest absolute Gasteiger partial charge is 0.141 e. The van der Waals surface area contributed by atoms with E-state index in [1.807, 2.05) is 18.2 Å². The van der Waals surface area contributed by atoms with E-state index < -0.39 is 0 Å². The molecule has 0 unspecified atom stereocenters. The Morgan fingerprint density at radius 1 is 1.50 bits per heavy atom. The standard InChI is InChI=1S/C13H20N2O2.ClH/c1-17-13-5-4-10(8-12(13)14)7-11-3-2-6-15(11)9-16;/h4-5,8,11,16H,2-3,6-7,9,14H2,1H3;1H/t11-;/m1./s1. The van der Waals surface area contributed by atoms with E-state index in [9.17, 15) is 5.11 Å². The van der Waals surface area contributed by atoms with Crippen LogP contribution in [-0.4, -0.2) is 36.4 Å². The number of aliphatic hydroxyl groups is 1. The Bertz CT molecular complexity index is 387. The second-order valence-electron chi connectivity index (χ2n) is 4.53. The molecule has 0 amide bonds. The molecule has 18 heavy (non-hydrogen) atoms. The summed E-state index contributed by atoms with van der Waals surface area (Å²) in [5.41, 5.74) is 7.77. The van der Waals surface area contributed by atoms with Crippen LogP contribution in [0.3, 0.4) is 0 Å². The second kappa shape index (κ2) is 6.83. The van der Waals surface area contributed by atoms with Gasteiger partial charge in [0, 0.05) is 12.6 Å². The van der Waals surface area contributed by atoms with Gasteiger partial charge < -0.3 is 15.6 Å². The van der Waals surface area contributed by atoms with Gasteiger partial charge >= 0.3 is 0 Å². The second-order valence-corrected chi connectivity index (χ2v) is 4.53. The summed E-state index contributed by atoms with van der Waals surface area (Å²) < 4.78 is 5.14. The summed E-state index contributed by atoms with van der Waals surface area (Å²) in [6.07, 6.45) is 3.25. The number of aliphatic hydroxyl groups excluding tert-OH is 1. The number of benzene rings is 1. The fraction of sp³-hybridized carbons (Fsp3) is 0.538. The zero-order valence-corrected chi connectivity index (χ0v) is 11.4. The quantitative estimate of drug-likeness (QED) is 0.819. The van der Waals surface area contributed by atoms with Gasteiger partial charge in [-0.1, -0.05) is 6.07 Å². The molecule has 4 nitrogen and oxygen atoms in total. The first-order valence-corrected chi connectivity index (χ1v) is 6.02. The highest BCUT2D eigenvalue weighted by molar-refractivity contribution is 5.85. The van der Waals surface area contributed by atoms with Crippen LogP contribution in [-0.2, 0) is 6.42 Å². The largest absolute Gasteiger partial charge is 0.495 e. The highest BCUT2D eigenvalue weighted by Crippen LogP contribution is 2.25. The first-order valence-electron chi connectivity index (χ1n) is 6.02. The van der Waals surface area contributed by atoms with Gasteiger partial charge in [-0.15, -0.1) is 12.4 Å². The summed E-state index contributed by atoms with van der Waals surface area (Å²) >= 11 is 0. The number of hydrogen-bond donors (Lipinski definition) is 2. The highest BCUT2D eigenvalue weighted by atomic mass is 35.5. The van der Waals surface area contributed by atoms with E-state index in [1.54, 1.807) is 7.11 Å². The molecule has 1 aromatic rings. The minimum absolute atomic E-state index is 0. The molecular weight excluding hydrogens is 252 g/mol. The fourth-order valence-electron chi connectivity index (χ4n) is 2.50. The summed E-state index contributed by atoms with van der Waals surface area (Å²) in [5.74, 6) is 0.721. The van der Waals surface area contributed by atoms with E-state index in [0.717, 1.165) is 31.6 Å². The highest BCUT2D eigenvalue weighted by Gasteiger charge is 2.23. The molecule has 102 valence electrons. The number of ether oxygens (including phenoxy) is 1. The van der Waals surface area contributed by atoms with E-state index >= 15 is 0 Å². The number of nitrogen functional groups attached to an aromatic ring is 1. The summed E-state index contributed by atoms with van der Waals surface area (Å²) in [6, 6.07) is 6.35. The first kappa shape index (κ1) is 15.1. The van der Waals surface area contributed by atoms with Crippen LogP contribution >= 0.6 is 12.4 Å². The molecular formula is C13H21ClN2O2. The number of nitrogens with zero attached hydrogens (tertiary/aromatic N) is 1. The monoisotopic (exact) mass is 272 g/mol. The summed E-state index contributed by atoms with van der Waals surface area (Å²) in [5, 5.41) is 9.23. The van der Waals surface area contributed by atoms with E-state index in [1.165, 1.54) is 5.56 Å². The van der Waals surface area contributed by atoms with Gasteiger partial charge in [0.05, 0.1) is 19.5 Å². The van der Waals surface area contributed by atoms with Gasteiger partial charge in [0.25, 0.3) is 0 Å². The zero-order chi connectivity index (χ0) is 12.3. The van der Waals surface area contributed by atoms with Gasteiger partial charge in [-0.2, -0.15) is 0 Å². The van der Waals surface area contributed by atoms with Gasteiger partial charge in [-0.25, -0.2) is 0 Å². The van der Waals surface area contributed by atoms with Crippen molar-refractivity contribution < 1.29 is 9.84 Å².